The summed E-state index contributed by atoms with van der Waals surface area (Å²) < 4.78 is 5.21. The van der Waals surface area contributed by atoms with Crippen molar-refractivity contribution >= 4 is 11.5 Å². The smallest absolute Gasteiger partial charge is 0.148 e. The van der Waals surface area contributed by atoms with Gasteiger partial charge in [0.25, 0.3) is 0 Å². The summed E-state index contributed by atoms with van der Waals surface area (Å²) in [7, 11) is 1.67. The van der Waals surface area contributed by atoms with E-state index in [1.54, 1.807) is 7.11 Å². The molecule has 0 amide bonds. The molecule has 0 aliphatic heterocycles. The van der Waals surface area contributed by atoms with E-state index >= 15 is 0 Å². The topological polar surface area (TPSA) is 57.9 Å². The number of aromatic nitrogens is 1. The Morgan fingerprint density at radius 3 is 3.00 bits per heavy atom. The van der Waals surface area contributed by atoms with Gasteiger partial charge in [-0.2, -0.15) is 5.26 Å². The minimum atomic E-state index is 0.524. The summed E-state index contributed by atoms with van der Waals surface area (Å²) in [6, 6.07) is 12.1. The van der Waals surface area contributed by atoms with Crippen LogP contribution in [0.1, 0.15) is 28.8 Å². The molecule has 1 aliphatic rings. The number of fused-ring (bicyclic) bond motifs is 1. The number of anilines is 2. The number of benzene rings is 1. The second-order valence-electron chi connectivity index (χ2n) is 5.17. The maximum atomic E-state index is 9.35. The molecule has 1 aliphatic carbocycles. The second kappa shape index (κ2) is 5.94. The number of nitriles is 1. The number of hydrogen-bond acceptors (Lipinski definition) is 4. The number of pyridine rings is 1. The zero-order valence-electron chi connectivity index (χ0n) is 12.0. The van der Waals surface area contributed by atoms with Gasteiger partial charge in [0.2, 0.25) is 0 Å². The van der Waals surface area contributed by atoms with Gasteiger partial charge in [0, 0.05) is 24.1 Å². The van der Waals surface area contributed by atoms with E-state index in [1.165, 1.54) is 5.56 Å². The van der Waals surface area contributed by atoms with Crippen molar-refractivity contribution in [3.63, 3.8) is 0 Å². The molecule has 0 saturated heterocycles. The lowest BCUT2D eigenvalue weighted by Gasteiger charge is -2.13. The molecule has 0 spiro atoms. The monoisotopic (exact) mass is 279 g/mol. The van der Waals surface area contributed by atoms with E-state index in [2.05, 4.69) is 16.4 Å². The molecule has 0 atom stereocenters. The number of hydrogen-bond donors (Lipinski definition) is 1. The van der Waals surface area contributed by atoms with Crippen molar-refractivity contribution in [1.29, 1.82) is 5.26 Å². The van der Waals surface area contributed by atoms with Crippen molar-refractivity contribution in [2.45, 2.75) is 25.9 Å². The van der Waals surface area contributed by atoms with Gasteiger partial charge in [-0.05, 0) is 37.0 Å². The Hall–Kier alpha value is -2.38. The van der Waals surface area contributed by atoms with Crippen molar-refractivity contribution in [2.75, 3.05) is 12.4 Å². The molecule has 1 heterocycles. The third-order valence-corrected chi connectivity index (χ3v) is 3.74. The number of nitrogens with one attached hydrogen (secondary N) is 1. The van der Waals surface area contributed by atoms with E-state index in [4.69, 9.17) is 4.74 Å². The Kier molecular flexibility index (Phi) is 3.85. The Bertz CT molecular complexity index is 704. The first kappa shape index (κ1) is 13.6. The SMILES string of the molecule is COCc1ccccc1Nc1nc2c(cc1C#N)CCC2. The number of nitrogens with zero attached hydrogens (tertiary/aromatic N) is 2. The van der Waals surface area contributed by atoms with Gasteiger partial charge in [0.05, 0.1) is 12.2 Å². The number of para-hydroxylation sites is 1. The molecule has 0 saturated carbocycles. The normalized spacial score (nSPS) is 12.8. The van der Waals surface area contributed by atoms with E-state index < -0.39 is 0 Å². The molecule has 0 fully saturated rings. The van der Waals surface area contributed by atoms with E-state index in [1.807, 2.05) is 30.3 Å². The van der Waals surface area contributed by atoms with E-state index in [0.717, 1.165) is 36.2 Å². The molecule has 1 N–H and O–H groups in total. The van der Waals surface area contributed by atoms with Crippen LogP contribution in [-0.4, -0.2) is 12.1 Å². The minimum absolute atomic E-state index is 0.524. The molecule has 4 heteroatoms. The molecule has 4 nitrogen and oxygen atoms in total. The van der Waals surface area contributed by atoms with E-state index in [9.17, 15) is 5.26 Å². The molecule has 1 aromatic heterocycles. The lowest BCUT2D eigenvalue weighted by molar-refractivity contribution is 0.185. The van der Waals surface area contributed by atoms with Crippen LogP contribution in [0.5, 0.6) is 0 Å². The highest BCUT2D eigenvalue weighted by Crippen LogP contribution is 2.28. The van der Waals surface area contributed by atoms with Crippen LogP contribution < -0.4 is 5.32 Å². The highest BCUT2D eigenvalue weighted by Gasteiger charge is 2.17. The minimum Gasteiger partial charge on any atom is -0.380 e. The van der Waals surface area contributed by atoms with Crippen LogP contribution in [0.4, 0.5) is 11.5 Å². The lowest BCUT2D eigenvalue weighted by atomic mass is 10.1. The molecule has 21 heavy (non-hydrogen) atoms. The summed E-state index contributed by atoms with van der Waals surface area (Å²) in [5.74, 6) is 0.640. The summed E-state index contributed by atoms with van der Waals surface area (Å²) in [4.78, 5) is 4.65. The molecular formula is C17H17N3O. The predicted octanol–water partition coefficient (Wildman–Crippen LogP) is 3.33. The largest absolute Gasteiger partial charge is 0.380 e. The van der Waals surface area contributed by atoms with Crippen molar-refractivity contribution in [3.05, 3.63) is 52.7 Å². The van der Waals surface area contributed by atoms with Crippen molar-refractivity contribution in [2.24, 2.45) is 0 Å². The number of rotatable bonds is 4. The van der Waals surface area contributed by atoms with Crippen LogP contribution in [0.25, 0.3) is 0 Å². The molecule has 0 bridgehead atoms. The fourth-order valence-corrected chi connectivity index (χ4v) is 2.70. The van der Waals surface area contributed by atoms with Gasteiger partial charge in [-0.25, -0.2) is 4.98 Å². The predicted molar refractivity (Wildman–Crippen MR) is 81.4 cm³/mol. The van der Waals surface area contributed by atoms with Gasteiger partial charge in [-0.3, -0.25) is 0 Å². The molecule has 0 unspecified atom stereocenters. The van der Waals surface area contributed by atoms with Crippen LogP contribution in [0.2, 0.25) is 0 Å². The lowest BCUT2D eigenvalue weighted by Crippen LogP contribution is -2.03. The van der Waals surface area contributed by atoms with Gasteiger partial charge in [-0.15, -0.1) is 0 Å². The zero-order chi connectivity index (χ0) is 14.7. The second-order valence-corrected chi connectivity index (χ2v) is 5.17. The summed E-state index contributed by atoms with van der Waals surface area (Å²) in [5.41, 5.74) is 4.90. The first-order valence-electron chi connectivity index (χ1n) is 7.08. The number of ether oxygens (including phenoxy) is 1. The first-order chi connectivity index (χ1) is 10.3. The quantitative estimate of drug-likeness (QED) is 0.932. The van der Waals surface area contributed by atoms with E-state index in [-0.39, 0.29) is 0 Å². The summed E-state index contributed by atoms with van der Waals surface area (Å²) in [6.45, 7) is 0.524. The summed E-state index contributed by atoms with van der Waals surface area (Å²) >= 11 is 0. The third-order valence-electron chi connectivity index (χ3n) is 3.74. The van der Waals surface area contributed by atoms with Crippen LogP contribution >= 0.6 is 0 Å². The fraction of sp³-hybridized carbons (Fsp3) is 0.294. The van der Waals surface area contributed by atoms with Crippen molar-refractivity contribution in [3.8, 4) is 6.07 Å². The first-order valence-corrected chi connectivity index (χ1v) is 7.08. The highest BCUT2D eigenvalue weighted by atomic mass is 16.5. The van der Waals surface area contributed by atoms with Crippen LogP contribution in [-0.2, 0) is 24.2 Å². The maximum absolute atomic E-state index is 9.35. The molecule has 3 rings (SSSR count). The molecule has 106 valence electrons. The molecule has 1 aromatic carbocycles. The van der Waals surface area contributed by atoms with Crippen molar-refractivity contribution < 1.29 is 4.74 Å². The van der Waals surface area contributed by atoms with E-state index in [0.29, 0.717) is 18.0 Å². The maximum Gasteiger partial charge on any atom is 0.148 e. The Morgan fingerprint density at radius 2 is 2.19 bits per heavy atom. The van der Waals surface area contributed by atoms with Crippen LogP contribution in [0.3, 0.4) is 0 Å². The van der Waals surface area contributed by atoms with Crippen LogP contribution in [0, 0.1) is 11.3 Å². The Morgan fingerprint density at radius 1 is 1.33 bits per heavy atom. The van der Waals surface area contributed by atoms with Crippen molar-refractivity contribution in [1.82, 2.24) is 4.98 Å². The highest BCUT2D eigenvalue weighted by molar-refractivity contribution is 5.66. The third kappa shape index (κ3) is 2.74. The van der Waals surface area contributed by atoms with Gasteiger partial charge in [0.15, 0.2) is 0 Å². The molecule has 2 aromatic rings. The number of aryl methyl sites for hydroxylation is 2. The average molecular weight is 279 g/mol. The standard InChI is InChI=1S/C17H17N3O/c1-21-11-13-5-2-3-7-16(13)20-17-14(10-18)9-12-6-4-8-15(12)19-17/h2-3,5,7,9H,4,6,8,11H2,1H3,(H,19,20). The summed E-state index contributed by atoms with van der Waals surface area (Å²) in [5, 5.41) is 12.6. The number of methoxy groups -OCH3 is 1. The summed E-state index contributed by atoms with van der Waals surface area (Å²) in [6.07, 6.45) is 3.14. The van der Waals surface area contributed by atoms with Gasteiger partial charge in [-0.1, -0.05) is 18.2 Å². The zero-order valence-corrected chi connectivity index (χ0v) is 12.0. The van der Waals surface area contributed by atoms with Gasteiger partial charge >= 0.3 is 0 Å². The fourth-order valence-electron chi connectivity index (χ4n) is 2.70. The molecular weight excluding hydrogens is 262 g/mol. The van der Waals surface area contributed by atoms with Crippen LogP contribution in [0.15, 0.2) is 30.3 Å². The Balaban J connectivity index is 1.97. The van der Waals surface area contributed by atoms with Gasteiger partial charge < -0.3 is 10.1 Å². The Labute approximate surface area is 124 Å². The van der Waals surface area contributed by atoms with Gasteiger partial charge in [0.1, 0.15) is 11.9 Å². The molecule has 0 radical (unpaired) electrons. The average Bonchev–Trinajstić information content (AvgIpc) is 2.96.